The largest absolute Gasteiger partial charge is 0.461 e. The molecule has 0 aromatic heterocycles. The predicted octanol–water partition coefficient (Wildman–Crippen LogP) is 0.852. The molecule has 0 saturated carbocycles. The van der Waals surface area contributed by atoms with E-state index >= 15 is 0 Å². The Bertz CT molecular complexity index is 134. The number of hydrogen-bond donors (Lipinski definition) is 0. The van der Waals surface area contributed by atoms with Gasteiger partial charge < -0.3 is 4.74 Å². The van der Waals surface area contributed by atoms with Crippen LogP contribution in [0.1, 0.15) is 20.3 Å². The molecule has 50 valence electrons. The summed E-state index contributed by atoms with van der Waals surface area (Å²) in [7, 11) is 0. The molecule has 0 bridgehead atoms. The van der Waals surface area contributed by atoms with Crippen molar-refractivity contribution in [3.8, 4) is 6.07 Å². The van der Waals surface area contributed by atoms with Crippen molar-refractivity contribution >= 4 is 6.47 Å². The lowest BCUT2D eigenvalue weighted by Crippen LogP contribution is -2.22. The lowest BCUT2D eigenvalue weighted by molar-refractivity contribution is -0.139. The Morgan fingerprint density at radius 3 is 2.67 bits per heavy atom. The SMILES string of the molecule is CC(C)(CC#N)OC=O. The van der Waals surface area contributed by atoms with Gasteiger partial charge in [-0.05, 0) is 13.8 Å². The molecule has 0 spiro atoms. The van der Waals surface area contributed by atoms with Gasteiger partial charge in [-0.15, -0.1) is 0 Å². The van der Waals surface area contributed by atoms with Crippen LogP contribution in [-0.4, -0.2) is 12.1 Å². The first-order valence-electron chi connectivity index (χ1n) is 2.61. The Labute approximate surface area is 54.2 Å². The van der Waals surface area contributed by atoms with Crippen LogP contribution in [0, 0.1) is 11.3 Å². The first kappa shape index (κ1) is 7.96. The topological polar surface area (TPSA) is 50.1 Å². The van der Waals surface area contributed by atoms with Gasteiger partial charge in [-0.25, -0.2) is 0 Å². The van der Waals surface area contributed by atoms with Crippen molar-refractivity contribution in [2.45, 2.75) is 25.9 Å². The van der Waals surface area contributed by atoms with E-state index in [9.17, 15) is 4.79 Å². The Morgan fingerprint density at radius 2 is 2.33 bits per heavy atom. The van der Waals surface area contributed by atoms with Gasteiger partial charge in [-0.2, -0.15) is 5.26 Å². The molecule has 9 heavy (non-hydrogen) atoms. The highest BCUT2D eigenvalue weighted by Crippen LogP contribution is 2.10. The second-order valence-corrected chi connectivity index (χ2v) is 2.31. The lowest BCUT2D eigenvalue weighted by atomic mass is 10.1. The van der Waals surface area contributed by atoms with Gasteiger partial charge in [0.1, 0.15) is 5.60 Å². The number of hydrogen-bond acceptors (Lipinski definition) is 3. The molecule has 0 unspecified atom stereocenters. The van der Waals surface area contributed by atoms with Crippen LogP contribution in [0.15, 0.2) is 0 Å². The van der Waals surface area contributed by atoms with E-state index in [1.165, 1.54) is 0 Å². The van der Waals surface area contributed by atoms with Crippen molar-refractivity contribution in [2.24, 2.45) is 0 Å². The van der Waals surface area contributed by atoms with Crippen LogP contribution >= 0.6 is 0 Å². The zero-order valence-electron chi connectivity index (χ0n) is 5.55. The van der Waals surface area contributed by atoms with Crippen molar-refractivity contribution in [2.75, 3.05) is 0 Å². The third-order valence-corrected chi connectivity index (χ3v) is 0.872. The summed E-state index contributed by atoms with van der Waals surface area (Å²) in [6, 6.07) is 1.91. The standard InChI is InChI=1S/C6H9NO2/c1-6(2,3-4-7)9-5-8/h5H,3H2,1-2H3. The first-order chi connectivity index (χ1) is 4.12. The maximum Gasteiger partial charge on any atom is 0.293 e. The van der Waals surface area contributed by atoms with Crippen LogP contribution in [0.5, 0.6) is 0 Å². The number of rotatable bonds is 3. The summed E-state index contributed by atoms with van der Waals surface area (Å²) in [5.74, 6) is 0. The fraction of sp³-hybridized carbons (Fsp3) is 0.667. The molecular formula is C6H9NO2. The zero-order valence-corrected chi connectivity index (χ0v) is 5.55. The Morgan fingerprint density at radius 1 is 1.78 bits per heavy atom. The van der Waals surface area contributed by atoms with Crippen molar-refractivity contribution < 1.29 is 9.53 Å². The highest BCUT2D eigenvalue weighted by molar-refractivity contribution is 5.38. The minimum Gasteiger partial charge on any atom is -0.461 e. The van der Waals surface area contributed by atoms with Crippen LogP contribution in [-0.2, 0) is 9.53 Å². The Kier molecular flexibility index (Phi) is 2.72. The normalized spacial score (nSPS) is 9.89. The molecule has 0 heterocycles. The Balaban J connectivity index is 3.73. The number of nitriles is 1. The van der Waals surface area contributed by atoms with E-state index in [0.717, 1.165) is 0 Å². The van der Waals surface area contributed by atoms with Crippen molar-refractivity contribution in [3.63, 3.8) is 0 Å². The molecule has 0 rings (SSSR count). The van der Waals surface area contributed by atoms with Crippen LogP contribution in [0.2, 0.25) is 0 Å². The number of ether oxygens (including phenoxy) is 1. The van der Waals surface area contributed by atoms with Crippen molar-refractivity contribution in [1.29, 1.82) is 5.26 Å². The molecule has 0 aliphatic rings. The van der Waals surface area contributed by atoms with Gasteiger partial charge in [0.15, 0.2) is 0 Å². The molecule has 0 fully saturated rings. The van der Waals surface area contributed by atoms with Crippen LogP contribution in [0.25, 0.3) is 0 Å². The second-order valence-electron chi connectivity index (χ2n) is 2.31. The van der Waals surface area contributed by atoms with Gasteiger partial charge in [0.05, 0.1) is 12.5 Å². The molecule has 0 amide bonds. The minimum atomic E-state index is -0.628. The molecule has 0 saturated heterocycles. The summed E-state index contributed by atoms with van der Waals surface area (Å²) in [6.45, 7) is 3.73. The predicted molar refractivity (Wildman–Crippen MR) is 31.5 cm³/mol. The van der Waals surface area contributed by atoms with Crippen LogP contribution in [0.3, 0.4) is 0 Å². The first-order valence-corrected chi connectivity index (χ1v) is 2.61. The quantitative estimate of drug-likeness (QED) is 0.528. The fourth-order valence-corrected chi connectivity index (χ4v) is 0.362. The van der Waals surface area contributed by atoms with E-state index in [4.69, 9.17) is 5.26 Å². The third-order valence-electron chi connectivity index (χ3n) is 0.872. The average molecular weight is 127 g/mol. The molecular weight excluding hydrogens is 118 g/mol. The highest BCUT2D eigenvalue weighted by atomic mass is 16.5. The van der Waals surface area contributed by atoms with Crippen LogP contribution in [0.4, 0.5) is 0 Å². The molecule has 0 radical (unpaired) electrons. The Hall–Kier alpha value is -1.04. The van der Waals surface area contributed by atoms with Gasteiger partial charge in [-0.1, -0.05) is 0 Å². The lowest BCUT2D eigenvalue weighted by Gasteiger charge is -2.17. The van der Waals surface area contributed by atoms with Gasteiger partial charge in [-0.3, -0.25) is 4.79 Å². The minimum absolute atomic E-state index is 0.228. The summed E-state index contributed by atoms with van der Waals surface area (Å²) >= 11 is 0. The molecule has 0 aliphatic carbocycles. The van der Waals surface area contributed by atoms with E-state index in [-0.39, 0.29) is 6.42 Å². The van der Waals surface area contributed by atoms with Gasteiger partial charge in [0.2, 0.25) is 0 Å². The smallest absolute Gasteiger partial charge is 0.293 e. The summed E-state index contributed by atoms with van der Waals surface area (Å²) in [5.41, 5.74) is -0.628. The fourth-order valence-electron chi connectivity index (χ4n) is 0.362. The van der Waals surface area contributed by atoms with E-state index < -0.39 is 5.60 Å². The number of carbonyl (C=O) groups excluding carboxylic acids is 1. The van der Waals surface area contributed by atoms with Gasteiger partial charge in [0, 0.05) is 0 Å². The van der Waals surface area contributed by atoms with Gasteiger partial charge in [0.25, 0.3) is 6.47 Å². The molecule has 3 heteroatoms. The summed E-state index contributed by atoms with van der Waals surface area (Å²) < 4.78 is 4.57. The summed E-state index contributed by atoms with van der Waals surface area (Å²) in [6.07, 6.45) is 0.228. The van der Waals surface area contributed by atoms with E-state index in [1.807, 2.05) is 6.07 Å². The van der Waals surface area contributed by atoms with Crippen molar-refractivity contribution in [1.82, 2.24) is 0 Å². The molecule has 0 N–H and O–H groups in total. The summed E-state index contributed by atoms with van der Waals surface area (Å²) in [5, 5.41) is 8.18. The third kappa shape index (κ3) is 3.53. The average Bonchev–Trinajstić information content (AvgIpc) is 1.64. The number of carbonyl (C=O) groups is 1. The zero-order chi connectivity index (χ0) is 7.33. The maximum absolute atomic E-state index is 9.76. The monoisotopic (exact) mass is 127 g/mol. The number of nitrogens with zero attached hydrogens (tertiary/aromatic N) is 1. The van der Waals surface area contributed by atoms with Crippen LogP contribution < -0.4 is 0 Å². The van der Waals surface area contributed by atoms with E-state index in [0.29, 0.717) is 6.47 Å². The van der Waals surface area contributed by atoms with E-state index in [2.05, 4.69) is 4.74 Å². The highest BCUT2D eigenvalue weighted by Gasteiger charge is 2.17. The second kappa shape index (κ2) is 3.08. The summed E-state index contributed by atoms with van der Waals surface area (Å²) in [4.78, 5) is 9.76. The molecule has 0 aromatic carbocycles. The molecule has 0 atom stereocenters. The van der Waals surface area contributed by atoms with E-state index in [1.54, 1.807) is 13.8 Å². The maximum atomic E-state index is 9.76. The van der Waals surface area contributed by atoms with Crippen molar-refractivity contribution in [3.05, 3.63) is 0 Å². The molecule has 3 nitrogen and oxygen atoms in total. The molecule has 0 aromatic rings. The molecule has 0 aliphatic heterocycles. The van der Waals surface area contributed by atoms with Gasteiger partial charge >= 0.3 is 0 Å².